The number of nitrogens with one attached hydrogen (secondary N) is 1. The van der Waals surface area contributed by atoms with Crippen molar-refractivity contribution in [1.82, 2.24) is 10.2 Å². The van der Waals surface area contributed by atoms with Crippen LogP contribution in [0.3, 0.4) is 0 Å². The van der Waals surface area contributed by atoms with Gasteiger partial charge in [0, 0.05) is 28.1 Å². The predicted molar refractivity (Wildman–Crippen MR) is 76.6 cm³/mol. The lowest BCUT2D eigenvalue weighted by molar-refractivity contribution is 0.346. The number of nitrogens with zero attached hydrogens (tertiary/aromatic N) is 1. The number of halogens is 1. The van der Waals surface area contributed by atoms with E-state index in [9.17, 15) is 4.39 Å². The second kappa shape index (κ2) is 5.78. The first-order chi connectivity index (χ1) is 8.67. The maximum Gasteiger partial charge on any atom is 0.132 e. The number of rotatable bonds is 5. The molecule has 0 unspecified atom stereocenters. The molecule has 0 amide bonds. The molecule has 1 N–H and O–H groups in total. The van der Waals surface area contributed by atoms with Crippen molar-refractivity contribution in [3.63, 3.8) is 0 Å². The molecule has 1 aromatic carbocycles. The lowest BCUT2D eigenvalue weighted by Crippen LogP contribution is -2.18. The van der Waals surface area contributed by atoms with Crippen LogP contribution in [0.15, 0.2) is 18.2 Å². The highest BCUT2D eigenvalue weighted by atomic mass is 32.1. The van der Waals surface area contributed by atoms with Crippen LogP contribution in [0.25, 0.3) is 10.1 Å². The molecule has 0 fully saturated rings. The van der Waals surface area contributed by atoms with Crippen molar-refractivity contribution < 1.29 is 4.39 Å². The minimum absolute atomic E-state index is 0.106. The highest BCUT2D eigenvalue weighted by Gasteiger charge is 2.15. The Morgan fingerprint density at radius 2 is 2.17 bits per heavy atom. The van der Waals surface area contributed by atoms with Crippen LogP contribution in [-0.2, 0) is 13.1 Å². The molecular weight excluding hydrogens is 247 g/mol. The third kappa shape index (κ3) is 2.55. The van der Waals surface area contributed by atoms with Crippen molar-refractivity contribution in [3.8, 4) is 0 Å². The Labute approximate surface area is 111 Å². The molecule has 4 heteroatoms. The van der Waals surface area contributed by atoms with Gasteiger partial charge < -0.3 is 10.2 Å². The van der Waals surface area contributed by atoms with Crippen LogP contribution < -0.4 is 5.32 Å². The summed E-state index contributed by atoms with van der Waals surface area (Å²) in [7, 11) is 3.99. The van der Waals surface area contributed by atoms with Gasteiger partial charge in [0.1, 0.15) is 5.82 Å². The third-order valence-electron chi connectivity index (χ3n) is 3.15. The quantitative estimate of drug-likeness (QED) is 0.894. The average Bonchev–Trinajstić information content (AvgIpc) is 2.69. The van der Waals surface area contributed by atoms with E-state index >= 15 is 0 Å². The topological polar surface area (TPSA) is 15.3 Å². The normalized spacial score (nSPS) is 11.6. The largest absolute Gasteiger partial charge is 0.315 e. The van der Waals surface area contributed by atoms with Crippen molar-refractivity contribution in [1.29, 1.82) is 0 Å². The van der Waals surface area contributed by atoms with Crippen molar-refractivity contribution in [2.24, 2.45) is 0 Å². The van der Waals surface area contributed by atoms with Gasteiger partial charge in [0.25, 0.3) is 0 Å². The lowest BCUT2D eigenvalue weighted by atomic mass is 10.1. The van der Waals surface area contributed by atoms with Crippen LogP contribution in [0.5, 0.6) is 0 Å². The summed E-state index contributed by atoms with van der Waals surface area (Å²) in [4.78, 5) is 3.44. The van der Waals surface area contributed by atoms with Crippen LogP contribution in [-0.4, -0.2) is 25.5 Å². The van der Waals surface area contributed by atoms with Gasteiger partial charge in [-0.25, -0.2) is 4.39 Å². The van der Waals surface area contributed by atoms with Crippen molar-refractivity contribution >= 4 is 21.4 Å². The Hall–Kier alpha value is -0.970. The first-order valence-corrected chi connectivity index (χ1v) is 7.01. The summed E-state index contributed by atoms with van der Waals surface area (Å²) in [6.07, 6.45) is 0. The van der Waals surface area contributed by atoms with E-state index in [1.807, 2.05) is 13.1 Å². The Bertz CT molecular complexity index is 536. The molecule has 2 nitrogen and oxygen atoms in total. The predicted octanol–water partition coefficient (Wildman–Crippen LogP) is 3.21. The molecule has 0 atom stereocenters. The van der Waals surface area contributed by atoms with Crippen molar-refractivity contribution in [2.45, 2.75) is 20.0 Å². The van der Waals surface area contributed by atoms with Crippen LogP contribution >= 0.6 is 11.3 Å². The Balaban J connectivity index is 2.53. The summed E-state index contributed by atoms with van der Waals surface area (Å²) in [5.41, 5.74) is 1.13. The van der Waals surface area contributed by atoms with Crippen LogP contribution in [0.4, 0.5) is 4.39 Å². The summed E-state index contributed by atoms with van der Waals surface area (Å²) in [6.45, 7) is 4.67. The average molecular weight is 266 g/mol. The van der Waals surface area contributed by atoms with Gasteiger partial charge in [-0.1, -0.05) is 13.0 Å². The standard InChI is InChI=1S/C14H19FN2S/c1-4-17(3)9-10-13(8-16-2)18-12-7-5-6-11(15)14(10)12/h5-7,16H,4,8-9H2,1-3H3. The molecule has 1 aromatic heterocycles. The van der Waals surface area contributed by atoms with E-state index in [-0.39, 0.29) is 5.82 Å². The lowest BCUT2D eigenvalue weighted by Gasteiger charge is -2.15. The Morgan fingerprint density at radius 1 is 1.39 bits per heavy atom. The first kappa shape index (κ1) is 13.5. The Morgan fingerprint density at radius 3 is 2.83 bits per heavy atom. The van der Waals surface area contributed by atoms with E-state index in [0.29, 0.717) is 0 Å². The monoisotopic (exact) mass is 266 g/mol. The molecule has 0 saturated carbocycles. The van der Waals surface area contributed by atoms with Gasteiger partial charge in [0.05, 0.1) is 0 Å². The van der Waals surface area contributed by atoms with Crippen molar-refractivity contribution in [3.05, 3.63) is 34.5 Å². The minimum atomic E-state index is -0.106. The molecule has 0 saturated heterocycles. The Kier molecular flexibility index (Phi) is 4.32. The number of fused-ring (bicyclic) bond motifs is 1. The fourth-order valence-corrected chi connectivity index (χ4v) is 3.31. The van der Waals surface area contributed by atoms with Crippen molar-refractivity contribution in [2.75, 3.05) is 20.6 Å². The van der Waals surface area contributed by atoms with E-state index in [4.69, 9.17) is 0 Å². The fraction of sp³-hybridized carbons (Fsp3) is 0.429. The molecule has 98 valence electrons. The van der Waals surface area contributed by atoms with Crippen LogP contribution in [0.2, 0.25) is 0 Å². The molecule has 0 radical (unpaired) electrons. The van der Waals surface area contributed by atoms with E-state index in [1.54, 1.807) is 23.5 Å². The van der Waals surface area contributed by atoms with Gasteiger partial charge >= 0.3 is 0 Å². The molecule has 0 aliphatic rings. The van der Waals surface area contributed by atoms with Crippen LogP contribution in [0, 0.1) is 5.82 Å². The zero-order valence-corrected chi connectivity index (χ0v) is 11.9. The van der Waals surface area contributed by atoms with Gasteiger partial charge in [-0.15, -0.1) is 11.3 Å². The highest BCUT2D eigenvalue weighted by molar-refractivity contribution is 7.19. The number of benzene rings is 1. The third-order valence-corrected chi connectivity index (χ3v) is 4.35. The molecule has 0 spiro atoms. The smallest absolute Gasteiger partial charge is 0.132 e. The van der Waals surface area contributed by atoms with Gasteiger partial charge in [0.2, 0.25) is 0 Å². The second-order valence-corrected chi connectivity index (χ2v) is 5.61. The zero-order valence-electron chi connectivity index (χ0n) is 11.1. The molecule has 0 aliphatic heterocycles. The van der Waals surface area contributed by atoms with Gasteiger partial charge in [-0.05, 0) is 38.3 Å². The van der Waals surface area contributed by atoms with E-state index in [0.717, 1.165) is 35.3 Å². The minimum Gasteiger partial charge on any atom is -0.315 e. The second-order valence-electron chi connectivity index (χ2n) is 4.48. The first-order valence-electron chi connectivity index (χ1n) is 6.19. The van der Waals surface area contributed by atoms with Gasteiger partial charge in [-0.2, -0.15) is 0 Å². The molecule has 2 rings (SSSR count). The summed E-state index contributed by atoms with van der Waals surface area (Å²) < 4.78 is 15.1. The maximum atomic E-state index is 14.0. The SMILES string of the molecule is CCN(C)Cc1c(CNC)sc2cccc(F)c12. The zero-order chi connectivity index (χ0) is 13.1. The maximum absolute atomic E-state index is 14.0. The molecule has 2 aromatic rings. The molecule has 18 heavy (non-hydrogen) atoms. The van der Waals surface area contributed by atoms with Gasteiger partial charge in [-0.3, -0.25) is 0 Å². The molecule has 0 bridgehead atoms. The van der Waals surface area contributed by atoms with E-state index in [2.05, 4.69) is 24.2 Å². The van der Waals surface area contributed by atoms with E-state index < -0.39 is 0 Å². The fourth-order valence-electron chi connectivity index (χ4n) is 2.07. The summed E-state index contributed by atoms with van der Waals surface area (Å²) in [5, 5.41) is 3.96. The number of hydrogen-bond acceptors (Lipinski definition) is 3. The number of hydrogen-bond donors (Lipinski definition) is 1. The van der Waals surface area contributed by atoms with Crippen LogP contribution in [0.1, 0.15) is 17.4 Å². The van der Waals surface area contributed by atoms with Gasteiger partial charge in [0.15, 0.2) is 0 Å². The molecule has 1 heterocycles. The highest BCUT2D eigenvalue weighted by Crippen LogP contribution is 2.33. The summed E-state index contributed by atoms with van der Waals surface area (Å²) in [6, 6.07) is 5.33. The summed E-state index contributed by atoms with van der Waals surface area (Å²) in [5.74, 6) is -0.106. The molecular formula is C14H19FN2S. The number of thiophene rings is 1. The summed E-state index contributed by atoms with van der Waals surface area (Å²) >= 11 is 1.69. The van der Waals surface area contributed by atoms with E-state index in [1.165, 1.54) is 4.88 Å². The molecule has 0 aliphatic carbocycles.